The number of fused-ring (bicyclic) bond motifs is 1. The molecular weight excluding hydrogens is 344 g/mol. The van der Waals surface area contributed by atoms with Crippen LogP contribution >= 0.6 is 11.6 Å². The third kappa shape index (κ3) is 3.97. The number of aromatic nitrogens is 1. The highest BCUT2D eigenvalue weighted by Gasteiger charge is 2.13. The highest BCUT2D eigenvalue weighted by atomic mass is 35.5. The largest absolute Gasteiger partial charge is 0.422 e. The molecule has 0 spiro atoms. The molecule has 2 heterocycles. The zero-order chi connectivity index (χ0) is 17.8. The van der Waals surface area contributed by atoms with E-state index in [9.17, 15) is 14.4 Å². The summed E-state index contributed by atoms with van der Waals surface area (Å²) in [6.07, 6.45) is 2.06. The van der Waals surface area contributed by atoms with Gasteiger partial charge in [0.15, 0.2) is 0 Å². The molecule has 7 heteroatoms. The summed E-state index contributed by atoms with van der Waals surface area (Å²) in [6.45, 7) is 0.718. The predicted octanol–water partition coefficient (Wildman–Crippen LogP) is 2.43. The summed E-state index contributed by atoms with van der Waals surface area (Å²) in [5.74, 6) is -0.502. The van der Waals surface area contributed by atoms with Crippen molar-refractivity contribution in [2.75, 3.05) is 6.54 Å². The number of amides is 1. The van der Waals surface area contributed by atoms with Crippen LogP contribution in [0.4, 0.5) is 0 Å². The predicted molar refractivity (Wildman–Crippen MR) is 95.1 cm³/mol. The fourth-order valence-electron chi connectivity index (χ4n) is 2.44. The van der Waals surface area contributed by atoms with Gasteiger partial charge >= 0.3 is 5.63 Å². The maximum absolute atomic E-state index is 12.2. The van der Waals surface area contributed by atoms with Crippen molar-refractivity contribution in [3.05, 3.63) is 80.0 Å². The van der Waals surface area contributed by atoms with E-state index >= 15 is 0 Å². The fraction of sp³-hybridized carbons (Fsp3) is 0.167. The maximum atomic E-state index is 12.2. The number of hydrogen-bond donors (Lipinski definition) is 1. The van der Waals surface area contributed by atoms with E-state index in [1.54, 1.807) is 30.5 Å². The van der Waals surface area contributed by atoms with Crippen molar-refractivity contribution in [3.8, 4) is 0 Å². The Bertz CT molecular complexity index is 1040. The van der Waals surface area contributed by atoms with Crippen LogP contribution in [-0.2, 0) is 6.54 Å². The highest BCUT2D eigenvalue weighted by Crippen LogP contribution is 2.12. The van der Waals surface area contributed by atoms with Crippen LogP contribution in [0.3, 0.4) is 0 Å². The van der Waals surface area contributed by atoms with Gasteiger partial charge in [-0.1, -0.05) is 29.8 Å². The zero-order valence-electron chi connectivity index (χ0n) is 13.2. The molecular formula is C18H15ClN2O4. The molecule has 128 valence electrons. The van der Waals surface area contributed by atoms with E-state index in [1.807, 2.05) is 0 Å². The lowest BCUT2D eigenvalue weighted by Gasteiger charge is -2.07. The molecule has 0 aliphatic rings. The Morgan fingerprint density at radius 3 is 2.80 bits per heavy atom. The Morgan fingerprint density at radius 1 is 1.16 bits per heavy atom. The number of pyridine rings is 1. The summed E-state index contributed by atoms with van der Waals surface area (Å²) >= 11 is 5.85. The Morgan fingerprint density at radius 2 is 1.96 bits per heavy atom. The van der Waals surface area contributed by atoms with Crippen molar-refractivity contribution < 1.29 is 9.21 Å². The van der Waals surface area contributed by atoms with Crippen molar-refractivity contribution in [2.45, 2.75) is 13.0 Å². The summed E-state index contributed by atoms with van der Waals surface area (Å²) in [5, 5.41) is 3.81. The van der Waals surface area contributed by atoms with Gasteiger partial charge in [0.1, 0.15) is 11.1 Å². The SMILES string of the molecule is O=C(NCCCn1cc(Cl)ccc1=O)c1cc2ccccc2oc1=O. The van der Waals surface area contributed by atoms with Crippen LogP contribution in [0, 0.1) is 0 Å². The van der Waals surface area contributed by atoms with Crippen LogP contribution in [-0.4, -0.2) is 17.0 Å². The number of benzene rings is 1. The number of hydrogen-bond acceptors (Lipinski definition) is 4. The van der Waals surface area contributed by atoms with Gasteiger partial charge in [-0.3, -0.25) is 9.59 Å². The number of nitrogens with one attached hydrogen (secondary N) is 1. The first kappa shape index (κ1) is 17.0. The second-order valence-electron chi connectivity index (χ2n) is 5.47. The van der Waals surface area contributed by atoms with Gasteiger partial charge in [-0.15, -0.1) is 0 Å². The lowest BCUT2D eigenvalue weighted by atomic mass is 10.2. The van der Waals surface area contributed by atoms with Crippen LogP contribution in [0.5, 0.6) is 0 Å². The second-order valence-corrected chi connectivity index (χ2v) is 5.91. The van der Waals surface area contributed by atoms with E-state index in [4.69, 9.17) is 16.0 Å². The summed E-state index contributed by atoms with van der Waals surface area (Å²) in [6, 6.07) is 11.4. The van der Waals surface area contributed by atoms with Crippen molar-refractivity contribution in [1.82, 2.24) is 9.88 Å². The molecule has 1 amide bonds. The van der Waals surface area contributed by atoms with Crippen LogP contribution < -0.4 is 16.5 Å². The van der Waals surface area contributed by atoms with Crippen LogP contribution in [0.15, 0.2) is 62.7 Å². The number of carbonyl (C=O) groups is 1. The summed E-state index contributed by atoms with van der Waals surface area (Å²) in [4.78, 5) is 35.8. The standard InChI is InChI=1S/C18H15ClN2O4/c19-13-6-7-16(22)21(11-13)9-3-8-20-17(23)14-10-12-4-1-2-5-15(12)25-18(14)24/h1-2,4-7,10-11H,3,8-9H2,(H,20,23). The number of aryl methyl sites for hydroxylation is 1. The molecule has 1 N–H and O–H groups in total. The molecule has 2 aromatic heterocycles. The lowest BCUT2D eigenvalue weighted by molar-refractivity contribution is 0.0949. The van der Waals surface area contributed by atoms with Gasteiger partial charge in [0, 0.05) is 30.7 Å². The average Bonchev–Trinajstić information content (AvgIpc) is 2.60. The Labute approximate surface area is 147 Å². The number of carbonyl (C=O) groups excluding carboxylic acids is 1. The number of para-hydroxylation sites is 1. The molecule has 0 bridgehead atoms. The molecule has 25 heavy (non-hydrogen) atoms. The molecule has 3 aromatic rings. The van der Waals surface area contributed by atoms with Crippen LogP contribution in [0.1, 0.15) is 16.8 Å². The van der Waals surface area contributed by atoms with Crippen molar-refractivity contribution in [3.63, 3.8) is 0 Å². The Balaban J connectivity index is 1.63. The molecule has 0 saturated heterocycles. The minimum atomic E-state index is -0.678. The van der Waals surface area contributed by atoms with Crippen molar-refractivity contribution >= 4 is 28.5 Å². The van der Waals surface area contributed by atoms with E-state index < -0.39 is 11.5 Å². The van der Waals surface area contributed by atoms with Crippen molar-refractivity contribution in [2.24, 2.45) is 0 Å². The first-order valence-corrected chi connectivity index (χ1v) is 8.09. The molecule has 0 aliphatic heterocycles. The smallest absolute Gasteiger partial charge is 0.349 e. The first-order chi connectivity index (χ1) is 12.0. The summed E-state index contributed by atoms with van der Waals surface area (Å²) in [5.41, 5.74) is -0.448. The van der Waals surface area contributed by atoms with E-state index in [0.717, 1.165) is 0 Å². The van der Waals surface area contributed by atoms with Crippen LogP contribution in [0.2, 0.25) is 5.02 Å². The van der Waals surface area contributed by atoms with Crippen LogP contribution in [0.25, 0.3) is 11.0 Å². The van der Waals surface area contributed by atoms with Gasteiger partial charge in [0.2, 0.25) is 0 Å². The highest BCUT2D eigenvalue weighted by molar-refractivity contribution is 6.30. The summed E-state index contributed by atoms with van der Waals surface area (Å²) in [7, 11) is 0. The van der Waals surface area contributed by atoms with Gasteiger partial charge in [-0.25, -0.2) is 4.79 Å². The normalized spacial score (nSPS) is 10.8. The lowest BCUT2D eigenvalue weighted by Crippen LogP contribution is -2.30. The third-order valence-corrected chi connectivity index (χ3v) is 3.92. The molecule has 0 radical (unpaired) electrons. The molecule has 1 aromatic carbocycles. The summed E-state index contributed by atoms with van der Waals surface area (Å²) < 4.78 is 6.61. The average molecular weight is 359 g/mol. The molecule has 0 aliphatic carbocycles. The van der Waals surface area contributed by atoms with E-state index in [2.05, 4.69) is 5.32 Å². The van der Waals surface area contributed by atoms with E-state index in [-0.39, 0.29) is 11.1 Å². The molecule has 3 rings (SSSR count). The Kier molecular flexibility index (Phi) is 5.00. The molecule has 0 fully saturated rings. The van der Waals surface area contributed by atoms with E-state index in [1.165, 1.54) is 22.8 Å². The number of rotatable bonds is 5. The molecule has 0 unspecified atom stereocenters. The molecule has 0 atom stereocenters. The maximum Gasteiger partial charge on any atom is 0.349 e. The van der Waals surface area contributed by atoms with Gasteiger partial charge in [-0.2, -0.15) is 0 Å². The van der Waals surface area contributed by atoms with Gasteiger partial charge in [0.05, 0.1) is 5.02 Å². The number of nitrogens with zero attached hydrogens (tertiary/aromatic N) is 1. The quantitative estimate of drug-likeness (QED) is 0.561. The third-order valence-electron chi connectivity index (χ3n) is 3.69. The Hall–Kier alpha value is -2.86. The fourth-order valence-corrected chi connectivity index (χ4v) is 2.62. The second kappa shape index (κ2) is 7.36. The monoisotopic (exact) mass is 358 g/mol. The van der Waals surface area contributed by atoms with Gasteiger partial charge in [0.25, 0.3) is 11.5 Å². The van der Waals surface area contributed by atoms with Gasteiger partial charge in [-0.05, 0) is 24.6 Å². The minimum Gasteiger partial charge on any atom is -0.422 e. The first-order valence-electron chi connectivity index (χ1n) is 7.72. The molecule has 0 saturated carbocycles. The van der Waals surface area contributed by atoms with E-state index in [0.29, 0.717) is 35.5 Å². The zero-order valence-corrected chi connectivity index (χ0v) is 14.0. The van der Waals surface area contributed by atoms with Crippen molar-refractivity contribution in [1.29, 1.82) is 0 Å². The minimum absolute atomic E-state index is 0.0429. The van der Waals surface area contributed by atoms with Gasteiger partial charge < -0.3 is 14.3 Å². The molecule has 6 nitrogen and oxygen atoms in total. The number of halogens is 1. The topological polar surface area (TPSA) is 81.3 Å².